The lowest BCUT2D eigenvalue weighted by atomic mass is 10.0. The van der Waals surface area contributed by atoms with Gasteiger partial charge in [0.05, 0.1) is 5.69 Å². The number of imidazole rings is 1. The van der Waals surface area contributed by atoms with E-state index < -0.39 is 6.09 Å². The second-order valence-electron chi connectivity index (χ2n) is 4.83. The van der Waals surface area contributed by atoms with Crippen LogP contribution >= 0.6 is 0 Å². The van der Waals surface area contributed by atoms with Crippen molar-refractivity contribution in [1.82, 2.24) is 20.3 Å². The number of nitrogens with one attached hydrogen (secondary N) is 2. The van der Waals surface area contributed by atoms with Crippen LogP contribution in [-0.4, -0.2) is 26.2 Å². The Morgan fingerprint density at radius 1 is 1.26 bits per heavy atom. The summed E-state index contributed by atoms with van der Waals surface area (Å²) in [5.74, 6) is 0.292. The fourth-order valence-electron chi connectivity index (χ4n) is 2.21. The predicted octanol–water partition coefficient (Wildman–Crippen LogP) is 3.05. The number of aromatic amines is 1. The largest absolute Gasteiger partial charge is 0.465 e. The number of hydrogen-bond donors (Lipinski definition) is 3. The number of halogens is 1. The van der Waals surface area contributed by atoms with E-state index in [9.17, 15) is 9.18 Å². The average Bonchev–Trinajstić information content (AvgIpc) is 3.08. The Morgan fingerprint density at radius 2 is 2.04 bits per heavy atom. The minimum absolute atomic E-state index is 0.113. The van der Waals surface area contributed by atoms with Crippen LogP contribution < -0.4 is 5.32 Å². The lowest BCUT2D eigenvalue weighted by Gasteiger charge is -2.10. The SMILES string of the molecule is O=C(O)NCc1cnc(-c2ccc(F)cc2)cc1-c1ncc[nH]1. The first-order valence-electron chi connectivity index (χ1n) is 6.85. The van der Waals surface area contributed by atoms with Crippen molar-refractivity contribution < 1.29 is 14.3 Å². The van der Waals surface area contributed by atoms with Crippen molar-refractivity contribution in [3.8, 4) is 22.6 Å². The lowest BCUT2D eigenvalue weighted by Crippen LogP contribution is -2.20. The number of carbonyl (C=O) groups is 1. The average molecular weight is 312 g/mol. The van der Waals surface area contributed by atoms with Gasteiger partial charge in [-0.2, -0.15) is 0 Å². The monoisotopic (exact) mass is 312 g/mol. The minimum Gasteiger partial charge on any atom is -0.465 e. The summed E-state index contributed by atoms with van der Waals surface area (Å²) in [4.78, 5) is 22.2. The molecule has 0 fully saturated rings. The molecule has 0 aliphatic carbocycles. The highest BCUT2D eigenvalue weighted by atomic mass is 19.1. The molecule has 0 aliphatic rings. The van der Waals surface area contributed by atoms with Crippen LogP contribution in [0.5, 0.6) is 0 Å². The van der Waals surface area contributed by atoms with Crippen molar-refractivity contribution in [2.75, 3.05) is 0 Å². The van der Waals surface area contributed by atoms with E-state index in [1.165, 1.54) is 12.1 Å². The maximum atomic E-state index is 13.0. The van der Waals surface area contributed by atoms with E-state index in [-0.39, 0.29) is 12.4 Å². The standard InChI is InChI=1S/C16H13FN4O2/c17-12-3-1-10(2-4-12)14-7-13(15-18-5-6-19-15)11(8-20-14)9-21-16(22)23/h1-8,21H,9H2,(H,18,19)(H,22,23). The number of amides is 1. The molecule has 23 heavy (non-hydrogen) atoms. The number of benzene rings is 1. The summed E-state index contributed by atoms with van der Waals surface area (Å²) in [6, 6.07) is 7.80. The van der Waals surface area contributed by atoms with Crippen molar-refractivity contribution in [3.05, 3.63) is 60.3 Å². The van der Waals surface area contributed by atoms with Crippen molar-refractivity contribution in [3.63, 3.8) is 0 Å². The van der Waals surface area contributed by atoms with Gasteiger partial charge in [-0.25, -0.2) is 14.2 Å². The van der Waals surface area contributed by atoms with Gasteiger partial charge in [0.15, 0.2) is 0 Å². The van der Waals surface area contributed by atoms with Crippen LogP contribution in [0.15, 0.2) is 48.9 Å². The van der Waals surface area contributed by atoms with Gasteiger partial charge in [-0.15, -0.1) is 0 Å². The Morgan fingerprint density at radius 3 is 2.70 bits per heavy atom. The first kappa shape index (κ1) is 14.7. The molecule has 0 radical (unpaired) electrons. The molecule has 0 bridgehead atoms. The molecule has 1 amide bonds. The van der Waals surface area contributed by atoms with Crippen LogP contribution in [-0.2, 0) is 6.54 Å². The van der Waals surface area contributed by atoms with Gasteiger partial charge in [0, 0.05) is 41.8 Å². The normalized spacial score (nSPS) is 10.5. The molecular weight excluding hydrogens is 299 g/mol. The van der Waals surface area contributed by atoms with E-state index >= 15 is 0 Å². The Labute approximate surface area is 131 Å². The van der Waals surface area contributed by atoms with Gasteiger partial charge in [0.2, 0.25) is 0 Å². The molecule has 3 aromatic rings. The second kappa shape index (κ2) is 6.27. The number of hydrogen-bond acceptors (Lipinski definition) is 3. The summed E-state index contributed by atoms with van der Waals surface area (Å²) >= 11 is 0. The molecule has 0 saturated carbocycles. The molecular formula is C16H13FN4O2. The van der Waals surface area contributed by atoms with Crippen LogP contribution in [0.3, 0.4) is 0 Å². The fourth-order valence-corrected chi connectivity index (χ4v) is 2.21. The van der Waals surface area contributed by atoms with Gasteiger partial charge >= 0.3 is 6.09 Å². The summed E-state index contributed by atoms with van der Waals surface area (Å²) in [6.45, 7) is 0.113. The Kier molecular flexibility index (Phi) is 4.01. The molecule has 3 rings (SSSR count). The van der Waals surface area contributed by atoms with Gasteiger partial charge in [-0.3, -0.25) is 4.98 Å². The molecule has 3 N–H and O–H groups in total. The third-order valence-electron chi connectivity index (χ3n) is 3.31. The second-order valence-corrected chi connectivity index (χ2v) is 4.83. The van der Waals surface area contributed by atoms with Crippen LogP contribution in [0.25, 0.3) is 22.6 Å². The zero-order valence-electron chi connectivity index (χ0n) is 12.0. The fraction of sp³-hybridized carbons (Fsp3) is 0.0625. The van der Waals surface area contributed by atoms with Crippen LogP contribution in [0.1, 0.15) is 5.56 Å². The predicted molar refractivity (Wildman–Crippen MR) is 82.1 cm³/mol. The Hall–Kier alpha value is -3.22. The summed E-state index contributed by atoms with van der Waals surface area (Å²) < 4.78 is 13.0. The molecule has 0 spiro atoms. The highest BCUT2D eigenvalue weighted by Crippen LogP contribution is 2.26. The molecule has 7 heteroatoms. The van der Waals surface area contributed by atoms with Gasteiger partial charge in [-0.05, 0) is 30.3 Å². The first-order chi connectivity index (χ1) is 11.1. The van der Waals surface area contributed by atoms with Crippen LogP contribution in [0.2, 0.25) is 0 Å². The van der Waals surface area contributed by atoms with E-state index in [0.29, 0.717) is 17.1 Å². The zero-order chi connectivity index (χ0) is 16.2. The van der Waals surface area contributed by atoms with E-state index in [1.54, 1.807) is 36.8 Å². The molecule has 0 unspecified atom stereocenters. The molecule has 6 nitrogen and oxygen atoms in total. The quantitative estimate of drug-likeness (QED) is 0.690. The number of aromatic nitrogens is 3. The molecule has 0 saturated heterocycles. The zero-order valence-corrected chi connectivity index (χ0v) is 12.0. The Balaban J connectivity index is 2.02. The van der Waals surface area contributed by atoms with Crippen molar-refractivity contribution in [1.29, 1.82) is 0 Å². The van der Waals surface area contributed by atoms with Crippen molar-refractivity contribution in [2.24, 2.45) is 0 Å². The van der Waals surface area contributed by atoms with E-state index in [4.69, 9.17) is 5.11 Å². The summed E-state index contributed by atoms with van der Waals surface area (Å²) in [5, 5.41) is 11.1. The summed E-state index contributed by atoms with van der Waals surface area (Å²) in [5.41, 5.74) is 2.83. The first-order valence-corrected chi connectivity index (χ1v) is 6.85. The molecule has 2 aromatic heterocycles. The van der Waals surface area contributed by atoms with Crippen LogP contribution in [0, 0.1) is 5.82 Å². The topological polar surface area (TPSA) is 90.9 Å². The molecule has 0 aliphatic heterocycles. The maximum absolute atomic E-state index is 13.0. The number of pyridine rings is 1. The van der Waals surface area contributed by atoms with E-state index in [0.717, 1.165) is 11.1 Å². The molecule has 2 heterocycles. The molecule has 116 valence electrons. The third-order valence-corrected chi connectivity index (χ3v) is 3.31. The van der Waals surface area contributed by atoms with Gasteiger partial charge in [0.25, 0.3) is 0 Å². The summed E-state index contributed by atoms with van der Waals surface area (Å²) in [6.07, 6.45) is 3.77. The summed E-state index contributed by atoms with van der Waals surface area (Å²) in [7, 11) is 0. The van der Waals surface area contributed by atoms with Crippen molar-refractivity contribution >= 4 is 6.09 Å². The number of H-pyrrole nitrogens is 1. The number of rotatable bonds is 4. The van der Waals surface area contributed by atoms with Crippen LogP contribution in [0.4, 0.5) is 9.18 Å². The maximum Gasteiger partial charge on any atom is 0.404 e. The number of carboxylic acid groups (broad SMARTS) is 1. The van der Waals surface area contributed by atoms with Gasteiger partial charge in [0.1, 0.15) is 11.6 Å². The highest BCUT2D eigenvalue weighted by molar-refractivity contribution is 5.70. The van der Waals surface area contributed by atoms with Crippen molar-refractivity contribution in [2.45, 2.75) is 6.54 Å². The smallest absolute Gasteiger partial charge is 0.404 e. The van der Waals surface area contributed by atoms with E-state index in [2.05, 4.69) is 20.3 Å². The lowest BCUT2D eigenvalue weighted by molar-refractivity contribution is 0.194. The third kappa shape index (κ3) is 3.34. The molecule has 1 aromatic carbocycles. The minimum atomic E-state index is -1.11. The molecule has 0 atom stereocenters. The van der Waals surface area contributed by atoms with E-state index in [1.807, 2.05) is 0 Å². The van der Waals surface area contributed by atoms with Gasteiger partial charge in [-0.1, -0.05) is 0 Å². The highest BCUT2D eigenvalue weighted by Gasteiger charge is 2.11. The van der Waals surface area contributed by atoms with Gasteiger partial charge < -0.3 is 15.4 Å². The Bertz CT molecular complexity index is 817. The number of nitrogens with zero attached hydrogens (tertiary/aromatic N) is 2.